The Bertz CT molecular complexity index is 529. The van der Waals surface area contributed by atoms with Crippen LogP contribution in [0, 0.1) is 0 Å². The molecule has 2 fully saturated rings. The minimum atomic E-state index is -0.127. The number of aryl methyl sites for hydroxylation is 1. The second kappa shape index (κ2) is 6.89. The van der Waals surface area contributed by atoms with Gasteiger partial charge in [0, 0.05) is 31.5 Å². The number of fused-ring (bicyclic) bond motifs is 1. The van der Waals surface area contributed by atoms with Crippen LogP contribution in [0.3, 0.4) is 0 Å². The lowest BCUT2D eigenvalue weighted by atomic mass is 9.88. The van der Waals surface area contributed by atoms with E-state index in [9.17, 15) is 5.11 Å². The summed E-state index contributed by atoms with van der Waals surface area (Å²) in [6, 6.07) is 0.373. The topological polar surface area (TPSA) is 54.2 Å². The number of piperidine rings is 1. The first-order chi connectivity index (χ1) is 11.3. The molecule has 23 heavy (non-hydrogen) atoms. The van der Waals surface area contributed by atoms with Crippen molar-refractivity contribution >= 4 is 0 Å². The van der Waals surface area contributed by atoms with Crippen molar-refractivity contribution < 1.29 is 5.11 Å². The molecule has 1 aliphatic carbocycles. The molecule has 3 aliphatic rings. The summed E-state index contributed by atoms with van der Waals surface area (Å²) in [5.41, 5.74) is 0. The summed E-state index contributed by atoms with van der Waals surface area (Å²) < 4.78 is 2.42. The van der Waals surface area contributed by atoms with Crippen molar-refractivity contribution in [3.8, 4) is 0 Å². The van der Waals surface area contributed by atoms with Crippen molar-refractivity contribution in [3.63, 3.8) is 0 Å². The Kier molecular flexibility index (Phi) is 4.67. The Hall–Kier alpha value is -0.940. The zero-order valence-corrected chi connectivity index (χ0v) is 14.2. The molecule has 2 aliphatic heterocycles. The Morgan fingerprint density at radius 2 is 1.78 bits per heavy atom. The molecule has 0 amide bonds. The average Bonchev–Trinajstić information content (AvgIpc) is 2.84. The maximum absolute atomic E-state index is 10.4. The lowest BCUT2D eigenvalue weighted by Crippen LogP contribution is -2.49. The van der Waals surface area contributed by atoms with Crippen LogP contribution in [0.4, 0.5) is 0 Å². The fourth-order valence-electron chi connectivity index (χ4n) is 4.85. The Labute approximate surface area is 139 Å². The van der Waals surface area contributed by atoms with Gasteiger partial charge in [-0.1, -0.05) is 19.3 Å². The Morgan fingerprint density at radius 1 is 0.870 bits per heavy atom. The number of aliphatic hydroxyl groups excluding tert-OH is 1. The molecule has 3 heterocycles. The highest BCUT2D eigenvalue weighted by Gasteiger charge is 2.34. The highest BCUT2D eigenvalue weighted by Crippen LogP contribution is 2.32. The number of aliphatic hydroxyl groups is 1. The van der Waals surface area contributed by atoms with Crippen molar-refractivity contribution in [2.75, 3.05) is 13.1 Å². The van der Waals surface area contributed by atoms with Gasteiger partial charge in [0.25, 0.3) is 0 Å². The van der Waals surface area contributed by atoms with Crippen LogP contribution in [0.25, 0.3) is 0 Å². The van der Waals surface area contributed by atoms with Gasteiger partial charge in [0.2, 0.25) is 0 Å². The van der Waals surface area contributed by atoms with Crippen LogP contribution in [0.15, 0.2) is 0 Å². The van der Waals surface area contributed by atoms with E-state index in [1.165, 1.54) is 56.6 Å². The van der Waals surface area contributed by atoms with Crippen LogP contribution in [-0.2, 0) is 13.0 Å². The predicted octanol–water partition coefficient (Wildman–Crippen LogP) is 2.49. The lowest BCUT2D eigenvalue weighted by molar-refractivity contribution is 0.00648. The number of nitrogens with zero attached hydrogens (tertiary/aromatic N) is 4. The molecule has 5 heteroatoms. The van der Waals surface area contributed by atoms with Gasteiger partial charge in [0.15, 0.2) is 0 Å². The minimum Gasteiger partial charge on any atom is -0.391 e. The van der Waals surface area contributed by atoms with Crippen LogP contribution >= 0.6 is 0 Å². The quantitative estimate of drug-likeness (QED) is 0.910. The Balaban J connectivity index is 1.50. The van der Waals surface area contributed by atoms with Gasteiger partial charge in [0.05, 0.1) is 6.10 Å². The predicted molar refractivity (Wildman–Crippen MR) is 89.4 cm³/mol. The summed E-state index contributed by atoms with van der Waals surface area (Å²) in [5, 5.41) is 19.5. The fraction of sp³-hybridized carbons (Fsp3) is 0.889. The molecule has 1 saturated carbocycles. The van der Waals surface area contributed by atoms with Crippen molar-refractivity contribution in [1.82, 2.24) is 19.7 Å². The molecule has 1 N–H and O–H groups in total. The molecule has 0 radical (unpaired) electrons. The third-order valence-electron chi connectivity index (χ3n) is 6.12. The minimum absolute atomic E-state index is 0.127. The molecule has 1 saturated heterocycles. The van der Waals surface area contributed by atoms with Crippen molar-refractivity contribution in [3.05, 3.63) is 11.6 Å². The van der Waals surface area contributed by atoms with Gasteiger partial charge in [-0.25, -0.2) is 0 Å². The molecular weight excluding hydrogens is 288 g/mol. The van der Waals surface area contributed by atoms with Crippen LogP contribution in [0.1, 0.15) is 75.4 Å². The van der Waals surface area contributed by atoms with Gasteiger partial charge < -0.3 is 9.67 Å². The molecule has 0 spiro atoms. The molecule has 5 nitrogen and oxygen atoms in total. The van der Waals surface area contributed by atoms with Gasteiger partial charge in [-0.05, 0) is 45.1 Å². The number of aromatic nitrogens is 3. The SMILES string of the molecule is OC1CCCCC1N1CCCC(c2nnc3n2CCCCC3)C1. The normalized spacial score (nSPS) is 33.2. The third-order valence-corrected chi connectivity index (χ3v) is 6.12. The van der Waals surface area contributed by atoms with E-state index < -0.39 is 0 Å². The number of rotatable bonds is 2. The van der Waals surface area contributed by atoms with Crippen LogP contribution in [0.2, 0.25) is 0 Å². The van der Waals surface area contributed by atoms with E-state index in [1.54, 1.807) is 0 Å². The molecule has 0 aromatic carbocycles. The summed E-state index contributed by atoms with van der Waals surface area (Å²) in [4.78, 5) is 2.55. The Morgan fingerprint density at radius 3 is 2.70 bits per heavy atom. The van der Waals surface area contributed by atoms with E-state index in [0.29, 0.717) is 12.0 Å². The van der Waals surface area contributed by atoms with Crippen LogP contribution < -0.4 is 0 Å². The molecule has 0 bridgehead atoms. The molecule has 1 aromatic rings. The highest BCUT2D eigenvalue weighted by atomic mass is 16.3. The van der Waals surface area contributed by atoms with Crippen LogP contribution in [-0.4, -0.2) is 50.0 Å². The fourth-order valence-corrected chi connectivity index (χ4v) is 4.85. The van der Waals surface area contributed by atoms with Crippen molar-refractivity contribution in [2.24, 2.45) is 0 Å². The van der Waals surface area contributed by atoms with Gasteiger partial charge in [-0.2, -0.15) is 0 Å². The summed E-state index contributed by atoms with van der Waals surface area (Å²) in [6.45, 7) is 3.29. The zero-order valence-electron chi connectivity index (χ0n) is 14.2. The monoisotopic (exact) mass is 318 g/mol. The highest BCUT2D eigenvalue weighted by molar-refractivity contribution is 5.06. The standard InChI is InChI=1S/C18H30N4O/c23-16-9-4-3-8-15(16)21-11-6-7-14(13-21)18-20-19-17-10-2-1-5-12-22(17)18/h14-16,23H,1-13H2. The first kappa shape index (κ1) is 15.6. The van der Waals surface area contributed by atoms with Gasteiger partial charge in [-0.3, -0.25) is 4.90 Å². The third kappa shape index (κ3) is 3.18. The maximum atomic E-state index is 10.4. The summed E-state index contributed by atoms with van der Waals surface area (Å²) in [6.07, 6.45) is 11.8. The summed E-state index contributed by atoms with van der Waals surface area (Å²) in [7, 11) is 0. The molecule has 3 unspecified atom stereocenters. The van der Waals surface area contributed by atoms with Crippen LogP contribution in [0.5, 0.6) is 0 Å². The average molecular weight is 318 g/mol. The van der Waals surface area contributed by atoms with Gasteiger partial charge in [0.1, 0.15) is 11.6 Å². The number of hydrogen-bond acceptors (Lipinski definition) is 4. The molecule has 4 rings (SSSR count). The van der Waals surface area contributed by atoms with E-state index >= 15 is 0 Å². The second-order valence-electron chi connectivity index (χ2n) is 7.69. The van der Waals surface area contributed by atoms with Crippen molar-refractivity contribution in [1.29, 1.82) is 0 Å². The first-order valence-corrected chi connectivity index (χ1v) is 9.67. The van der Waals surface area contributed by atoms with E-state index in [4.69, 9.17) is 0 Å². The molecule has 1 aromatic heterocycles. The van der Waals surface area contributed by atoms with Gasteiger partial charge >= 0.3 is 0 Å². The smallest absolute Gasteiger partial charge is 0.137 e. The van der Waals surface area contributed by atoms with E-state index in [0.717, 1.165) is 38.9 Å². The van der Waals surface area contributed by atoms with Gasteiger partial charge in [-0.15, -0.1) is 10.2 Å². The van der Waals surface area contributed by atoms with E-state index in [-0.39, 0.29) is 6.10 Å². The lowest BCUT2D eigenvalue weighted by Gasteiger charge is -2.42. The molecular formula is C18H30N4O. The first-order valence-electron chi connectivity index (χ1n) is 9.67. The van der Waals surface area contributed by atoms with Crippen molar-refractivity contribution in [2.45, 2.75) is 88.8 Å². The summed E-state index contributed by atoms with van der Waals surface area (Å²) in [5.74, 6) is 2.92. The number of hydrogen-bond donors (Lipinski definition) is 1. The molecule has 3 atom stereocenters. The second-order valence-corrected chi connectivity index (χ2v) is 7.69. The largest absolute Gasteiger partial charge is 0.391 e. The number of likely N-dealkylation sites (tertiary alicyclic amines) is 1. The zero-order chi connectivity index (χ0) is 15.6. The maximum Gasteiger partial charge on any atom is 0.137 e. The van der Waals surface area contributed by atoms with E-state index in [2.05, 4.69) is 19.7 Å². The summed E-state index contributed by atoms with van der Waals surface area (Å²) >= 11 is 0. The molecule has 128 valence electrons. The van der Waals surface area contributed by atoms with E-state index in [1.807, 2.05) is 0 Å².